The third-order valence-electron chi connectivity index (χ3n) is 1.68. The number of thiol groups is 1. The first kappa shape index (κ1) is 7.38. The molecule has 0 bridgehead atoms. The lowest BCUT2D eigenvalue weighted by Crippen LogP contribution is -2.22. The number of hydrogen-bond acceptors (Lipinski definition) is 2. The predicted octanol–water partition coefficient (Wildman–Crippen LogP) is 0.00690. The van der Waals surface area contributed by atoms with Gasteiger partial charge in [-0.3, -0.25) is 10.9 Å². The highest BCUT2D eigenvalue weighted by Gasteiger charge is 2.26. The Labute approximate surface area is 58.6 Å². The first-order valence-corrected chi connectivity index (χ1v) is 5.44. The molecule has 1 saturated heterocycles. The number of hydrogen-bond donors (Lipinski definition) is 2. The van der Waals surface area contributed by atoms with Crippen LogP contribution in [0, 0.1) is 0 Å². The average Bonchev–Trinajstić information content (AvgIpc) is 2.13. The van der Waals surface area contributed by atoms with Gasteiger partial charge in [-0.1, -0.05) is 0 Å². The van der Waals surface area contributed by atoms with E-state index in [0.29, 0.717) is 11.9 Å². The highest BCUT2D eigenvalue weighted by molar-refractivity contribution is 8.16. The van der Waals surface area contributed by atoms with E-state index >= 15 is 0 Å². The van der Waals surface area contributed by atoms with E-state index in [0.717, 1.165) is 6.61 Å². The third-order valence-corrected chi connectivity index (χ3v) is 3.50. The lowest BCUT2D eigenvalue weighted by molar-refractivity contribution is 0.127. The molecule has 0 saturated carbocycles. The van der Waals surface area contributed by atoms with Gasteiger partial charge in [-0.05, 0) is 12.5 Å². The summed E-state index contributed by atoms with van der Waals surface area (Å²) in [4.78, 5) is 0. The van der Waals surface area contributed by atoms with Crippen molar-refractivity contribution >= 4 is 10.9 Å². The third kappa shape index (κ3) is 1.60. The minimum Gasteiger partial charge on any atom is -0.390 e. The van der Waals surface area contributed by atoms with Gasteiger partial charge in [0.2, 0.25) is 0 Å². The molecule has 9 heavy (non-hydrogen) atoms. The quantitative estimate of drug-likeness (QED) is 0.516. The molecule has 1 N–H and O–H groups in total. The topological polar surface area (TPSA) is 29.5 Å². The van der Waals surface area contributed by atoms with Crippen molar-refractivity contribution in [1.82, 2.24) is 0 Å². The minimum atomic E-state index is -0.189. The summed E-state index contributed by atoms with van der Waals surface area (Å²) in [7, 11) is -0.0159. The lowest BCUT2D eigenvalue weighted by Gasteiger charge is -2.19. The smallest absolute Gasteiger partial charge is 0.0897 e. The molecule has 0 aliphatic carbocycles. The van der Waals surface area contributed by atoms with Crippen LogP contribution in [-0.2, 0) is 4.74 Å². The van der Waals surface area contributed by atoms with Gasteiger partial charge in [-0.2, -0.15) is 0 Å². The Morgan fingerprint density at radius 1 is 1.44 bits per heavy atom. The van der Waals surface area contributed by atoms with Crippen molar-refractivity contribution in [2.45, 2.75) is 11.4 Å². The maximum Gasteiger partial charge on any atom is 0.0897 e. The van der Waals surface area contributed by atoms with Gasteiger partial charge in [0, 0.05) is 5.25 Å². The summed E-state index contributed by atoms with van der Waals surface area (Å²) in [6.45, 7) is 1.31. The van der Waals surface area contributed by atoms with Gasteiger partial charge in [0.25, 0.3) is 0 Å². The zero-order valence-corrected chi connectivity index (χ0v) is 6.77. The SMILES string of the molecule is C[SH](C)C1COCC1O. The van der Waals surface area contributed by atoms with Crippen LogP contribution < -0.4 is 0 Å². The molecule has 0 aromatic carbocycles. The van der Waals surface area contributed by atoms with E-state index in [9.17, 15) is 5.11 Å². The van der Waals surface area contributed by atoms with Crippen molar-refractivity contribution in [3.05, 3.63) is 0 Å². The fourth-order valence-electron chi connectivity index (χ4n) is 1.02. The zero-order chi connectivity index (χ0) is 6.85. The van der Waals surface area contributed by atoms with Gasteiger partial charge >= 0.3 is 0 Å². The summed E-state index contributed by atoms with van der Waals surface area (Å²) in [5, 5.41) is 9.68. The Hall–Kier alpha value is 0.270. The van der Waals surface area contributed by atoms with E-state index in [1.165, 1.54) is 0 Å². The van der Waals surface area contributed by atoms with E-state index in [1.54, 1.807) is 0 Å². The summed E-state index contributed by atoms with van der Waals surface area (Å²) >= 11 is 0. The number of aliphatic hydroxyl groups is 1. The second-order valence-electron chi connectivity index (χ2n) is 2.64. The Kier molecular flexibility index (Phi) is 2.38. The van der Waals surface area contributed by atoms with Crippen LogP contribution in [0.2, 0.25) is 0 Å². The molecular formula is C6H14O2S. The van der Waals surface area contributed by atoms with E-state index in [1.807, 2.05) is 0 Å². The number of aliphatic hydroxyl groups excluding tert-OH is 1. The fraction of sp³-hybridized carbons (Fsp3) is 1.00. The van der Waals surface area contributed by atoms with Crippen molar-refractivity contribution in [2.24, 2.45) is 0 Å². The van der Waals surface area contributed by atoms with Crippen LogP contribution in [0.5, 0.6) is 0 Å². The molecular weight excluding hydrogens is 136 g/mol. The number of ether oxygens (including phenoxy) is 1. The van der Waals surface area contributed by atoms with Gasteiger partial charge < -0.3 is 9.84 Å². The standard InChI is InChI=1S/C6H14O2S/c1-9(2)6-4-8-3-5(6)7/h5-7,9H,3-4H2,1-2H3. The van der Waals surface area contributed by atoms with Crippen molar-refractivity contribution in [3.63, 3.8) is 0 Å². The van der Waals surface area contributed by atoms with Crippen LogP contribution in [0.15, 0.2) is 0 Å². The van der Waals surface area contributed by atoms with E-state index in [4.69, 9.17) is 4.74 Å². The fourth-order valence-corrected chi connectivity index (χ4v) is 2.20. The Morgan fingerprint density at radius 3 is 2.33 bits per heavy atom. The largest absolute Gasteiger partial charge is 0.390 e. The summed E-state index contributed by atoms with van der Waals surface area (Å²) in [6, 6.07) is 0. The molecule has 1 aliphatic heterocycles. The minimum absolute atomic E-state index is 0.0159. The van der Waals surface area contributed by atoms with E-state index in [2.05, 4.69) is 12.5 Å². The summed E-state index contributed by atoms with van der Waals surface area (Å²) in [5.41, 5.74) is 0. The van der Waals surface area contributed by atoms with Crippen LogP contribution in [0.3, 0.4) is 0 Å². The Balaban J connectivity index is 2.40. The Morgan fingerprint density at radius 2 is 2.11 bits per heavy atom. The van der Waals surface area contributed by atoms with Gasteiger partial charge in [-0.15, -0.1) is 0 Å². The van der Waals surface area contributed by atoms with Gasteiger partial charge in [0.05, 0.1) is 19.3 Å². The van der Waals surface area contributed by atoms with E-state index < -0.39 is 0 Å². The second-order valence-corrected chi connectivity index (χ2v) is 5.23. The van der Waals surface area contributed by atoms with Crippen LogP contribution >= 0.6 is 10.9 Å². The molecule has 2 nitrogen and oxygen atoms in total. The maximum absolute atomic E-state index is 9.25. The first-order valence-electron chi connectivity index (χ1n) is 3.14. The van der Waals surface area contributed by atoms with Crippen LogP contribution in [0.25, 0.3) is 0 Å². The molecule has 0 aromatic heterocycles. The van der Waals surface area contributed by atoms with Crippen LogP contribution in [0.1, 0.15) is 0 Å². The molecule has 1 heterocycles. The highest BCUT2D eigenvalue weighted by atomic mass is 32.2. The van der Waals surface area contributed by atoms with Gasteiger partial charge in [0.15, 0.2) is 0 Å². The molecule has 2 unspecified atom stereocenters. The average molecular weight is 150 g/mol. The second kappa shape index (κ2) is 2.90. The molecule has 56 valence electrons. The van der Waals surface area contributed by atoms with Crippen molar-refractivity contribution in [2.75, 3.05) is 25.7 Å². The maximum atomic E-state index is 9.25. The molecule has 0 amide bonds. The molecule has 2 atom stereocenters. The van der Waals surface area contributed by atoms with E-state index in [-0.39, 0.29) is 17.0 Å². The van der Waals surface area contributed by atoms with Crippen molar-refractivity contribution < 1.29 is 9.84 Å². The van der Waals surface area contributed by atoms with Crippen LogP contribution in [-0.4, -0.2) is 42.2 Å². The molecule has 0 spiro atoms. The van der Waals surface area contributed by atoms with Crippen molar-refractivity contribution in [1.29, 1.82) is 0 Å². The molecule has 1 fully saturated rings. The summed E-state index contributed by atoms with van der Waals surface area (Å²) in [5.74, 6) is 0. The van der Waals surface area contributed by atoms with Crippen molar-refractivity contribution in [3.8, 4) is 0 Å². The molecule has 1 aliphatic rings. The van der Waals surface area contributed by atoms with Gasteiger partial charge in [0.1, 0.15) is 0 Å². The zero-order valence-electron chi connectivity index (χ0n) is 5.87. The van der Waals surface area contributed by atoms with Crippen LogP contribution in [0.4, 0.5) is 0 Å². The molecule has 3 heteroatoms. The highest BCUT2D eigenvalue weighted by Crippen LogP contribution is 2.28. The van der Waals surface area contributed by atoms with Gasteiger partial charge in [-0.25, -0.2) is 0 Å². The molecule has 1 rings (SSSR count). The monoisotopic (exact) mass is 150 g/mol. The lowest BCUT2D eigenvalue weighted by atomic mass is 10.3. The molecule has 0 aromatic rings. The Bertz CT molecular complexity index is 95.1. The molecule has 0 radical (unpaired) electrons. The summed E-state index contributed by atoms with van der Waals surface area (Å²) < 4.78 is 5.10. The number of rotatable bonds is 1. The predicted molar refractivity (Wildman–Crippen MR) is 41.4 cm³/mol. The first-order chi connectivity index (χ1) is 4.22. The normalized spacial score (nSPS) is 37.0. The summed E-state index contributed by atoms with van der Waals surface area (Å²) in [6.07, 6.45) is 4.17.